The lowest BCUT2D eigenvalue weighted by Crippen LogP contribution is -2.56. The smallest absolute Gasteiger partial charge is 0.185 e. The van der Waals surface area contributed by atoms with E-state index in [1.165, 1.54) is 0 Å². The lowest BCUT2D eigenvalue weighted by molar-refractivity contribution is -0.269. The van der Waals surface area contributed by atoms with Crippen LogP contribution in [0, 0.1) is 12.3 Å². The molecule has 0 unspecified atom stereocenters. The molecule has 1 fully saturated rings. The number of ether oxygens (including phenoxy) is 1. The van der Waals surface area contributed by atoms with Gasteiger partial charge in [0.2, 0.25) is 0 Å². The molecule has 1 heterocycles. The molecule has 12 heavy (non-hydrogen) atoms. The normalized spacial score (nSPS) is 48.4. The first-order valence-corrected chi connectivity index (χ1v) is 3.41. The molecule has 68 valence electrons. The fourth-order valence-corrected chi connectivity index (χ4v) is 0.999. The van der Waals surface area contributed by atoms with Gasteiger partial charge in [-0.3, -0.25) is 0 Å². The molecule has 5 nitrogen and oxygen atoms in total. The van der Waals surface area contributed by atoms with Crippen LogP contribution >= 0.6 is 0 Å². The van der Waals surface area contributed by atoms with Gasteiger partial charge in [0.15, 0.2) is 6.29 Å². The van der Waals surface area contributed by atoms with Gasteiger partial charge in [0.05, 0.1) is 0 Å². The third-order valence-electron chi connectivity index (χ3n) is 1.75. The predicted octanol–water partition coefficient (Wildman–Crippen LogP) is -2.58. The summed E-state index contributed by atoms with van der Waals surface area (Å²) in [5.74, 6) is 2.03. The van der Waals surface area contributed by atoms with Crippen LogP contribution in [0.5, 0.6) is 0 Å². The highest BCUT2D eigenvalue weighted by Crippen LogP contribution is 2.18. The van der Waals surface area contributed by atoms with E-state index in [1.807, 2.05) is 5.92 Å². The van der Waals surface area contributed by atoms with Gasteiger partial charge in [-0.05, 0) is 0 Å². The number of hydrogen-bond acceptors (Lipinski definition) is 5. The second-order valence-corrected chi connectivity index (χ2v) is 2.59. The number of rotatable bonds is 0. The largest absolute Gasteiger partial charge is 0.387 e. The average molecular weight is 174 g/mol. The van der Waals surface area contributed by atoms with Crippen LogP contribution in [0.1, 0.15) is 0 Å². The predicted molar refractivity (Wildman–Crippen MR) is 37.7 cm³/mol. The van der Waals surface area contributed by atoms with Gasteiger partial charge in [-0.2, -0.15) is 0 Å². The van der Waals surface area contributed by atoms with E-state index in [0.717, 1.165) is 0 Å². The van der Waals surface area contributed by atoms with Crippen LogP contribution in [-0.4, -0.2) is 51.1 Å². The number of terminal acetylenes is 1. The van der Waals surface area contributed by atoms with Crippen molar-refractivity contribution in [3.05, 3.63) is 0 Å². The minimum atomic E-state index is -1.55. The standard InChI is InChI=1S/C7H10O5/c1-2-3-4(8)5(9)6(10)7(11)12-3/h1,3-11H/t3-,4-,5+,6+,7+/m1/s1. The molecule has 0 aromatic heterocycles. The Labute approximate surface area is 69.2 Å². The molecule has 5 heteroatoms. The Morgan fingerprint density at radius 2 is 1.58 bits per heavy atom. The van der Waals surface area contributed by atoms with E-state index in [4.69, 9.17) is 26.8 Å². The van der Waals surface area contributed by atoms with Crippen molar-refractivity contribution in [2.45, 2.75) is 30.7 Å². The van der Waals surface area contributed by atoms with Crippen molar-refractivity contribution in [2.75, 3.05) is 0 Å². The molecule has 4 N–H and O–H groups in total. The fraction of sp³-hybridized carbons (Fsp3) is 0.714. The maximum atomic E-state index is 9.14. The number of aliphatic hydroxyl groups excluding tert-OH is 4. The third-order valence-corrected chi connectivity index (χ3v) is 1.75. The average Bonchev–Trinajstić information content (AvgIpc) is 2.08. The minimum absolute atomic E-state index is 1.08. The second kappa shape index (κ2) is 3.39. The SMILES string of the molecule is C#C[C@H]1O[C@H](O)[C@@H](O)[C@@H](O)[C@@H]1O. The lowest BCUT2D eigenvalue weighted by Gasteiger charge is -2.35. The summed E-state index contributed by atoms with van der Waals surface area (Å²) in [6, 6.07) is 0. The van der Waals surface area contributed by atoms with Crippen molar-refractivity contribution in [2.24, 2.45) is 0 Å². The number of hydrogen-bond donors (Lipinski definition) is 4. The zero-order chi connectivity index (χ0) is 9.30. The Morgan fingerprint density at radius 3 is 2.08 bits per heavy atom. The molecule has 1 aliphatic heterocycles. The van der Waals surface area contributed by atoms with Gasteiger partial charge < -0.3 is 25.2 Å². The van der Waals surface area contributed by atoms with Gasteiger partial charge in [-0.1, -0.05) is 5.92 Å². The van der Waals surface area contributed by atoms with Crippen molar-refractivity contribution in [3.63, 3.8) is 0 Å². The quantitative estimate of drug-likeness (QED) is 0.303. The zero-order valence-corrected chi connectivity index (χ0v) is 6.16. The first kappa shape index (κ1) is 9.45. The molecule has 0 radical (unpaired) electrons. The van der Waals surface area contributed by atoms with Gasteiger partial charge in [0.25, 0.3) is 0 Å². The van der Waals surface area contributed by atoms with Crippen LogP contribution in [0.15, 0.2) is 0 Å². The van der Waals surface area contributed by atoms with E-state index < -0.39 is 30.7 Å². The Hall–Kier alpha value is -0.640. The summed E-state index contributed by atoms with van der Waals surface area (Å²) >= 11 is 0. The Balaban J connectivity index is 2.72. The molecule has 5 atom stereocenters. The Kier molecular flexibility index (Phi) is 2.67. The molecule has 0 bridgehead atoms. The summed E-state index contributed by atoms with van der Waals surface area (Å²) in [7, 11) is 0. The van der Waals surface area contributed by atoms with E-state index in [-0.39, 0.29) is 0 Å². The molecule has 0 aromatic rings. The molecular weight excluding hydrogens is 164 g/mol. The first-order valence-electron chi connectivity index (χ1n) is 3.41. The van der Waals surface area contributed by atoms with Crippen LogP contribution in [0.3, 0.4) is 0 Å². The highest BCUT2D eigenvalue weighted by atomic mass is 16.6. The van der Waals surface area contributed by atoms with Gasteiger partial charge in [-0.25, -0.2) is 0 Å². The summed E-state index contributed by atoms with van der Waals surface area (Å²) in [6.07, 6.45) is -2.08. The molecule has 0 amide bonds. The van der Waals surface area contributed by atoms with Crippen LogP contribution in [-0.2, 0) is 4.74 Å². The van der Waals surface area contributed by atoms with Crippen molar-refractivity contribution >= 4 is 0 Å². The highest BCUT2D eigenvalue weighted by molar-refractivity contribution is 5.04. The molecule has 1 aliphatic rings. The lowest BCUT2D eigenvalue weighted by atomic mass is 10.00. The summed E-state index contributed by atoms with van der Waals surface area (Å²) in [6.45, 7) is 0. The summed E-state index contributed by atoms with van der Waals surface area (Å²) in [4.78, 5) is 0. The monoisotopic (exact) mass is 174 g/mol. The number of aliphatic hydroxyl groups is 4. The topological polar surface area (TPSA) is 90.2 Å². The van der Waals surface area contributed by atoms with Gasteiger partial charge in [-0.15, -0.1) is 6.42 Å². The van der Waals surface area contributed by atoms with Crippen molar-refractivity contribution in [1.29, 1.82) is 0 Å². The minimum Gasteiger partial charge on any atom is -0.387 e. The Bertz CT molecular complexity index is 198. The molecule has 0 aliphatic carbocycles. The molecule has 1 rings (SSSR count). The van der Waals surface area contributed by atoms with Crippen molar-refractivity contribution in [3.8, 4) is 12.3 Å². The fourth-order valence-electron chi connectivity index (χ4n) is 0.999. The van der Waals surface area contributed by atoms with E-state index >= 15 is 0 Å². The van der Waals surface area contributed by atoms with Gasteiger partial charge in [0, 0.05) is 0 Å². The molecular formula is C7H10O5. The summed E-state index contributed by atoms with van der Waals surface area (Å²) in [5.41, 5.74) is 0. The molecule has 0 saturated carbocycles. The summed E-state index contributed by atoms with van der Waals surface area (Å²) < 4.78 is 4.59. The van der Waals surface area contributed by atoms with Crippen LogP contribution in [0.2, 0.25) is 0 Å². The van der Waals surface area contributed by atoms with E-state index in [1.54, 1.807) is 0 Å². The molecule has 1 saturated heterocycles. The maximum absolute atomic E-state index is 9.14. The van der Waals surface area contributed by atoms with Crippen LogP contribution < -0.4 is 0 Å². The molecule has 0 spiro atoms. The third kappa shape index (κ3) is 1.43. The molecule has 0 aromatic carbocycles. The van der Waals surface area contributed by atoms with Gasteiger partial charge >= 0.3 is 0 Å². The van der Waals surface area contributed by atoms with E-state index in [9.17, 15) is 0 Å². The second-order valence-electron chi connectivity index (χ2n) is 2.59. The van der Waals surface area contributed by atoms with Crippen molar-refractivity contribution < 1.29 is 25.2 Å². The van der Waals surface area contributed by atoms with Crippen molar-refractivity contribution in [1.82, 2.24) is 0 Å². The van der Waals surface area contributed by atoms with Crippen LogP contribution in [0.4, 0.5) is 0 Å². The first-order chi connectivity index (χ1) is 5.57. The maximum Gasteiger partial charge on any atom is 0.185 e. The highest BCUT2D eigenvalue weighted by Gasteiger charge is 2.42. The van der Waals surface area contributed by atoms with E-state index in [2.05, 4.69) is 4.74 Å². The van der Waals surface area contributed by atoms with Gasteiger partial charge in [0.1, 0.15) is 24.4 Å². The Morgan fingerprint density at radius 1 is 1.00 bits per heavy atom. The van der Waals surface area contributed by atoms with Crippen LogP contribution in [0.25, 0.3) is 0 Å². The van der Waals surface area contributed by atoms with E-state index in [0.29, 0.717) is 0 Å². The summed E-state index contributed by atoms with van der Waals surface area (Å²) in [5, 5.41) is 36.1. The zero-order valence-electron chi connectivity index (χ0n) is 6.16.